The van der Waals surface area contributed by atoms with Crippen molar-refractivity contribution in [1.29, 1.82) is 0 Å². The number of allylic oxidation sites excluding steroid dienone is 2. The van der Waals surface area contributed by atoms with Crippen molar-refractivity contribution >= 4 is 0 Å². The van der Waals surface area contributed by atoms with Gasteiger partial charge in [-0.3, -0.25) is 0 Å². The monoisotopic (exact) mass is 590 g/mol. The number of rotatable bonds is 9. The zero-order chi connectivity index (χ0) is 29.8. The molecule has 0 N–H and O–H groups in total. The molecule has 0 bridgehead atoms. The summed E-state index contributed by atoms with van der Waals surface area (Å²) in [6.07, 6.45) is 1.76. The van der Waals surface area contributed by atoms with E-state index in [9.17, 15) is 35.1 Å². The molecule has 2 aromatic carbocycles. The summed E-state index contributed by atoms with van der Waals surface area (Å²) in [5, 5.41) is 0. The highest BCUT2D eigenvalue weighted by atomic mass is 19.4. The Morgan fingerprint density at radius 2 is 1.29 bits per heavy atom. The second-order valence-corrected chi connectivity index (χ2v) is 11.1. The summed E-state index contributed by atoms with van der Waals surface area (Å²) >= 11 is 0. The van der Waals surface area contributed by atoms with Crippen molar-refractivity contribution in [2.75, 3.05) is 0 Å². The summed E-state index contributed by atoms with van der Waals surface area (Å²) in [6, 6.07) is 6.08. The summed E-state index contributed by atoms with van der Waals surface area (Å²) in [7, 11) is 0. The van der Waals surface area contributed by atoms with Gasteiger partial charge in [-0.15, -0.1) is 13.2 Å². The lowest BCUT2D eigenvalue weighted by Crippen LogP contribution is -2.37. The topological polar surface area (TPSA) is 18.5 Å². The van der Waals surface area contributed by atoms with Crippen LogP contribution in [0, 0.1) is 35.2 Å². The van der Waals surface area contributed by atoms with E-state index in [-0.39, 0.29) is 42.6 Å². The second-order valence-electron chi connectivity index (χ2n) is 11.1. The number of hydrogen-bond donors (Lipinski definition) is 0. The van der Waals surface area contributed by atoms with Gasteiger partial charge in [-0.05, 0) is 92.7 Å². The third-order valence-electron chi connectivity index (χ3n) is 8.16. The van der Waals surface area contributed by atoms with Gasteiger partial charge >= 0.3 is 12.5 Å². The Labute approximate surface area is 234 Å². The van der Waals surface area contributed by atoms with Crippen LogP contribution in [0.25, 0.3) is 0 Å². The zero-order valence-electron chi connectivity index (χ0n) is 22.8. The predicted octanol–water partition coefficient (Wildman–Crippen LogP) is 10.3. The largest absolute Gasteiger partial charge is 0.573 e. The normalized spacial score (nSPS) is 24.0. The molecule has 2 aliphatic carbocycles. The van der Waals surface area contributed by atoms with Crippen LogP contribution in [-0.2, 0) is 6.42 Å². The molecule has 2 saturated carbocycles. The number of ether oxygens (including phenoxy) is 2. The standard InChI is InChI=1S/C31H34F8O2/c1-2-3-21-10-15-25(26(32)16-21)22-11-6-19(7-12-22)4-5-20-8-13-23(14-9-20)30(35,36)40-24-17-27(33)29(28(34)18-24)41-31(37,38)39/h4-5,10,15-20,22-23H,2-3,6-9,11-14H2,1H3/b5-4+. The molecule has 2 aliphatic rings. The highest BCUT2D eigenvalue weighted by Crippen LogP contribution is 2.42. The maximum Gasteiger partial charge on any atom is 0.573 e. The first-order chi connectivity index (χ1) is 19.3. The quantitative estimate of drug-likeness (QED) is 0.214. The summed E-state index contributed by atoms with van der Waals surface area (Å²) in [5.74, 6) is -6.94. The van der Waals surface area contributed by atoms with Gasteiger partial charge in [0.2, 0.25) is 5.75 Å². The minimum absolute atomic E-state index is 0.108. The van der Waals surface area contributed by atoms with E-state index in [1.807, 2.05) is 12.1 Å². The molecule has 2 nitrogen and oxygen atoms in total. The van der Waals surface area contributed by atoms with Crippen LogP contribution in [0.15, 0.2) is 42.5 Å². The summed E-state index contributed by atoms with van der Waals surface area (Å²) in [4.78, 5) is 0. The maximum absolute atomic E-state index is 14.8. The van der Waals surface area contributed by atoms with E-state index in [1.54, 1.807) is 6.07 Å². The van der Waals surface area contributed by atoms with Gasteiger partial charge in [0.25, 0.3) is 0 Å². The van der Waals surface area contributed by atoms with Gasteiger partial charge in [0.1, 0.15) is 11.6 Å². The summed E-state index contributed by atoms with van der Waals surface area (Å²) in [5.41, 5.74) is 1.80. The van der Waals surface area contributed by atoms with E-state index in [0.29, 0.717) is 18.8 Å². The zero-order valence-corrected chi connectivity index (χ0v) is 22.8. The van der Waals surface area contributed by atoms with Crippen molar-refractivity contribution in [1.82, 2.24) is 0 Å². The summed E-state index contributed by atoms with van der Waals surface area (Å²) in [6.45, 7) is 2.06. The lowest BCUT2D eigenvalue weighted by molar-refractivity contribution is -0.276. The third kappa shape index (κ3) is 8.38. The molecule has 0 aromatic heterocycles. The average Bonchev–Trinajstić information content (AvgIpc) is 2.90. The molecule has 41 heavy (non-hydrogen) atoms. The van der Waals surface area contributed by atoms with E-state index in [1.165, 1.54) is 0 Å². The number of benzene rings is 2. The van der Waals surface area contributed by atoms with Crippen LogP contribution in [0.2, 0.25) is 0 Å². The average molecular weight is 591 g/mol. The predicted molar refractivity (Wildman–Crippen MR) is 138 cm³/mol. The molecule has 0 radical (unpaired) electrons. The Morgan fingerprint density at radius 1 is 0.732 bits per heavy atom. The molecule has 4 rings (SSSR count). The molecule has 226 valence electrons. The van der Waals surface area contributed by atoms with E-state index in [4.69, 9.17) is 0 Å². The Balaban J connectivity index is 1.25. The van der Waals surface area contributed by atoms with E-state index in [2.05, 4.69) is 28.5 Å². The second kappa shape index (κ2) is 13.0. The minimum Gasteiger partial charge on any atom is -0.432 e. The maximum atomic E-state index is 14.8. The van der Waals surface area contributed by atoms with E-state index >= 15 is 0 Å². The third-order valence-corrected chi connectivity index (χ3v) is 8.16. The van der Waals surface area contributed by atoms with Gasteiger partial charge in [0, 0.05) is 12.1 Å². The Bertz CT molecular complexity index is 1170. The van der Waals surface area contributed by atoms with Gasteiger partial charge in [-0.2, -0.15) is 8.78 Å². The van der Waals surface area contributed by atoms with Crippen molar-refractivity contribution in [3.05, 3.63) is 71.1 Å². The molecule has 0 amide bonds. The molecule has 0 aliphatic heterocycles. The molecular formula is C31H34F8O2. The van der Waals surface area contributed by atoms with Crippen LogP contribution in [0.4, 0.5) is 35.1 Å². The first kappa shape index (κ1) is 31.2. The van der Waals surface area contributed by atoms with Gasteiger partial charge < -0.3 is 9.47 Å². The number of alkyl halides is 5. The van der Waals surface area contributed by atoms with Crippen LogP contribution in [0.1, 0.15) is 81.8 Å². The van der Waals surface area contributed by atoms with Gasteiger partial charge in [0.05, 0.1) is 5.92 Å². The van der Waals surface area contributed by atoms with E-state index < -0.39 is 41.5 Å². The molecule has 2 aromatic rings. The highest BCUT2D eigenvalue weighted by molar-refractivity contribution is 5.35. The summed E-state index contributed by atoms with van der Waals surface area (Å²) < 4.78 is 117. The molecule has 0 heterocycles. The number of halogens is 8. The smallest absolute Gasteiger partial charge is 0.432 e. The van der Waals surface area contributed by atoms with Crippen molar-refractivity contribution in [2.45, 2.75) is 89.5 Å². The van der Waals surface area contributed by atoms with E-state index in [0.717, 1.165) is 49.7 Å². The highest BCUT2D eigenvalue weighted by Gasteiger charge is 2.44. The molecule has 2 fully saturated rings. The van der Waals surface area contributed by atoms with Gasteiger partial charge in [0.15, 0.2) is 11.6 Å². The number of aryl methyl sites for hydroxylation is 1. The van der Waals surface area contributed by atoms with Crippen molar-refractivity contribution < 1.29 is 44.6 Å². The van der Waals surface area contributed by atoms with Gasteiger partial charge in [-0.25, -0.2) is 13.2 Å². The van der Waals surface area contributed by atoms with Crippen molar-refractivity contribution in [2.24, 2.45) is 17.8 Å². The lowest BCUT2D eigenvalue weighted by Gasteiger charge is -2.33. The molecular weight excluding hydrogens is 556 g/mol. The first-order valence-corrected chi connectivity index (χ1v) is 14.1. The Kier molecular flexibility index (Phi) is 9.90. The molecule has 10 heteroatoms. The molecule has 0 saturated heterocycles. The fourth-order valence-electron chi connectivity index (χ4n) is 5.98. The minimum atomic E-state index is -5.35. The SMILES string of the molecule is CCCc1ccc(C2CCC(/C=C/C3CCC(C(F)(F)Oc4cc(F)c(OC(F)(F)F)c(F)c4)CC3)CC2)c(F)c1. The molecule has 0 spiro atoms. The first-order valence-electron chi connectivity index (χ1n) is 14.1. The van der Waals surface area contributed by atoms with Crippen molar-refractivity contribution in [3.8, 4) is 11.5 Å². The van der Waals surface area contributed by atoms with Crippen LogP contribution in [-0.4, -0.2) is 12.5 Å². The Morgan fingerprint density at radius 3 is 1.80 bits per heavy atom. The number of hydrogen-bond acceptors (Lipinski definition) is 2. The fourth-order valence-corrected chi connectivity index (χ4v) is 5.98. The lowest BCUT2D eigenvalue weighted by atomic mass is 9.77. The molecule has 0 atom stereocenters. The Hall–Kier alpha value is -2.78. The van der Waals surface area contributed by atoms with Gasteiger partial charge in [-0.1, -0.05) is 37.6 Å². The van der Waals surface area contributed by atoms with Crippen LogP contribution in [0.5, 0.6) is 11.5 Å². The van der Waals surface area contributed by atoms with Crippen LogP contribution >= 0.6 is 0 Å². The molecule has 0 unspecified atom stereocenters. The van der Waals surface area contributed by atoms with Crippen LogP contribution in [0.3, 0.4) is 0 Å². The van der Waals surface area contributed by atoms with Crippen LogP contribution < -0.4 is 9.47 Å². The fraction of sp³-hybridized carbons (Fsp3) is 0.548. The van der Waals surface area contributed by atoms with Crippen molar-refractivity contribution in [3.63, 3.8) is 0 Å².